The number of amides is 2. The molecule has 182 valence electrons. The normalized spacial score (nSPS) is 19.1. The van der Waals surface area contributed by atoms with Gasteiger partial charge in [0.25, 0.3) is 5.91 Å². The summed E-state index contributed by atoms with van der Waals surface area (Å²) in [5, 5.41) is 5.73. The van der Waals surface area contributed by atoms with Crippen LogP contribution in [0, 0.1) is 12.8 Å². The molecule has 1 atom stereocenters. The summed E-state index contributed by atoms with van der Waals surface area (Å²) in [6.45, 7) is 6.15. The first-order valence-electron chi connectivity index (χ1n) is 11.7. The second-order valence-corrected chi connectivity index (χ2v) is 10.7. The number of piperidine rings is 1. The molecule has 1 fully saturated rings. The van der Waals surface area contributed by atoms with Crippen molar-refractivity contribution in [3.63, 3.8) is 0 Å². The van der Waals surface area contributed by atoms with Gasteiger partial charge >= 0.3 is 0 Å². The Morgan fingerprint density at radius 1 is 1.15 bits per heavy atom. The van der Waals surface area contributed by atoms with Gasteiger partial charge in [-0.25, -0.2) is 8.42 Å². The zero-order valence-electron chi connectivity index (χ0n) is 19.8. The van der Waals surface area contributed by atoms with Gasteiger partial charge in [0.05, 0.1) is 10.6 Å². The number of aryl methyl sites for hydroxylation is 2. The number of carbonyl (C=O) groups excluding carboxylic acids is 2. The van der Waals surface area contributed by atoms with Crippen LogP contribution >= 0.6 is 0 Å². The summed E-state index contributed by atoms with van der Waals surface area (Å²) in [6, 6.07) is 10.9. The second-order valence-electron chi connectivity index (χ2n) is 8.84. The quantitative estimate of drug-likeness (QED) is 0.649. The van der Waals surface area contributed by atoms with E-state index < -0.39 is 16.1 Å². The zero-order chi connectivity index (χ0) is 24.5. The summed E-state index contributed by atoms with van der Waals surface area (Å²) in [7, 11) is -3.77. The number of anilines is 2. The van der Waals surface area contributed by atoms with Gasteiger partial charge in [-0.2, -0.15) is 4.31 Å². The molecule has 2 aliphatic heterocycles. The van der Waals surface area contributed by atoms with Crippen LogP contribution in [0.25, 0.3) is 0 Å². The van der Waals surface area contributed by atoms with Gasteiger partial charge in [-0.3, -0.25) is 9.59 Å². The lowest BCUT2D eigenvalue weighted by molar-refractivity contribution is -0.123. The van der Waals surface area contributed by atoms with Crippen LogP contribution in [-0.4, -0.2) is 43.7 Å². The van der Waals surface area contributed by atoms with Crippen molar-refractivity contribution in [2.45, 2.75) is 57.5 Å². The molecular weight excluding hydrogens is 454 g/mol. The largest absolute Gasteiger partial charge is 0.478 e. The van der Waals surface area contributed by atoms with Crippen LogP contribution in [0.2, 0.25) is 0 Å². The molecule has 2 N–H and O–H groups in total. The van der Waals surface area contributed by atoms with E-state index in [0.717, 1.165) is 12.1 Å². The maximum absolute atomic E-state index is 13.4. The fraction of sp³-hybridized carbons (Fsp3) is 0.440. The van der Waals surface area contributed by atoms with Crippen LogP contribution in [0.5, 0.6) is 5.75 Å². The van der Waals surface area contributed by atoms with Crippen molar-refractivity contribution in [3.8, 4) is 5.75 Å². The minimum absolute atomic E-state index is 0.0824. The second kappa shape index (κ2) is 9.76. The topological polar surface area (TPSA) is 105 Å². The van der Waals surface area contributed by atoms with E-state index in [-0.39, 0.29) is 35.7 Å². The highest BCUT2D eigenvalue weighted by Gasteiger charge is 2.35. The molecule has 1 saturated heterocycles. The molecule has 34 heavy (non-hydrogen) atoms. The highest BCUT2D eigenvalue weighted by molar-refractivity contribution is 7.89. The number of fused-ring (bicyclic) bond motifs is 1. The van der Waals surface area contributed by atoms with Crippen molar-refractivity contribution in [1.82, 2.24) is 4.31 Å². The Hall–Kier alpha value is -2.91. The van der Waals surface area contributed by atoms with E-state index in [1.807, 2.05) is 31.2 Å². The molecule has 0 bridgehead atoms. The van der Waals surface area contributed by atoms with Crippen molar-refractivity contribution in [3.05, 3.63) is 47.5 Å². The maximum Gasteiger partial charge on any atom is 0.265 e. The standard InChI is InChI=1S/C25H31N3O5S/c1-4-17-6-8-19(9-7-17)26-24(29)18-10-12-28(13-11-18)34(31,32)23-15-22-20(14-16(23)3)27-25(30)21(5-2)33-22/h6-9,14-15,18,21H,4-5,10-13H2,1-3H3,(H,26,29)(H,27,30). The van der Waals surface area contributed by atoms with Crippen LogP contribution in [-0.2, 0) is 26.0 Å². The molecule has 2 heterocycles. The minimum atomic E-state index is -3.77. The first kappa shape index (κ1) is 24.2. The molecule has 2 aromatic rings. The van der Waals surface area contributed by atoms with Crippen LogP contribution < -0.4 is 15.4 Å². The molecule has 0 radical (unpaired) electrons. The number of carbonyl (C=O) groups is 2. The monoisotopic (exact) mass is 485 g/mol. The highest BCUT2D eigenvalue weighted by Crippen LogP contribution is 2.36. The third-order valence-corrected chi connectivity index (χ3v) is 8.58. The Morgan fingerprint density at radius 3 is 2.44 bits per heavy atom. The number of benzene rings is 2. The molecule has 0 spiro atoms. The van der Waals surface area contributed by atoms with E-state index >= 15 is 0 Å². The fourth-order valence-electron chi connectivity index (χ4n) is 4.40. The van der Waals surface area contributed by atoms with Gasteiger partial charge < -0.3 is 15.4 Å². The Labute approximate surface area is 200 Å². The lowest BCUT2D eigenvalue weighted by Gasteiger charge is -2.32. The fourth-order valence-corrected chi connectivity index (χ4v) is 6.09. The molecule has 8 nitrogen and oxygen atoms in total. The Morgan fingerprint density at radius 2 is 1.82 bits per heavy atom. The molecule has 2 aromatic carbocycles. The van der Waals surface area contributed by atoms with Crippen LogP contribution in [0.15, 0.2) is 41.3 Å². The van der Waals surface area contributed by atoms with Crippen LogP contribution in [0.1, 0.15) is 44.2 Å². The molecule has 0 saturated carbocycles. The number of rotatable bonds is 6. The first-order valence-corrected chi connectivity index (χ1v) is 13.2. The average molecular weight is 486 g/mol. The van der Waals surface area contributed by atoms with Crippen molar-refractivity contribution in [1.29, 1.82) is 0 Å². The predicted molar refractivity (Wildman–Crippen MR) is 130 cm³/mol. The molecule has 0 aliphatic carbocycles. The summed E-state index contributed by atoms with van der Waals surface area (Å²) < 4.78 is 34.0. The van der Waals surface area contributed by atoms with Crippen LogP contribution in [0.3, 0.4) is 0 Å². The van der Waals surface area contributed by atoms with E-state index in [9.17, 15) is 18.0 Å². The number of sulfonamides is 1. The number of hydrogen-bond acceptors (Lipinski definition) is 5. The number of nitrogens with one attached hydrogen (secondary N) is 2. The molecule has 9 heteroatoms. The Kier molecular flexibility index (Phi) is 6.95. The summed E-state index contributed by atoms with van der Waals surface area (Å²) in [6.07, 6.45) is 1.68. The summed E-state index contributed by atoms with van der Waals surface area (Å²) in [4.78, 5) is 24.9. The third kappa shape index (κ3) is 4.81. The lowest BCUT2D eigenvalue weighted by atomic mass is 9.97. The van der Waals surface area contributed by atoms with Crippen LogP contribution in [0.4, 0.5) is 11.4 Å². The van der Waals surface area contributed by atoms with E-state index in [0.29, 0.717) is 36.3 Å². The number of hydrogen-bond donors (Lipinski definition) is 2. The van der Waals surface area contributed by atoms with E-state index in [1.54, 1.807) is 13.0 Å². The lowest BCUT2D eigenvalue weighted by Crippen LogP contribution is -2.41. The van der Waals surface area contributed by atoms with E-state index in [2.05, 4.69) is 17.6 Å². The Bertz CT molecular complexity index is 1190. The van der Waals surface area contributed by atoms with Gasteiger partial charge in [-0.15, -0.1) is 0 Å². The smallest absolute Gasteiger partial charge is 0.265 e. The molecule has 2 amide bonds. The molecule has 4 rings (SSSR count). The van der Waals surface area contributed by atoms with Gasteiger partial charge in [0, 0.05) is 30.8 Å². The van der Waals surface area contributed by atoms with Gasteiger partial charge in [0.2, 0.25) is 15.9 Å². The van der Waals surface area contributed by atoms with Crippen molar-refractivity contribution < 1.29 is 22.7 Å². The van der Waals surface area contributed by atoms with Gasteiger partial charge in [-0.1, -0.05) is 26.0 Å². The number of ether oxygens (including phenoxy) is 1. The highest BCUT2D eigenvalue weighted by atomic mass is 32.2. The third-order valence-electron chi connectivity index (χ3n) is 6.54. The van der Waals surface area contributed by atoms with Gasteiger partial charge in [-0.05, 0) is 61.9 Å². The molecule has 2 aliphatic rings. The SMILES string of the molecule is CCc1ccc(NC(=O)C2CCN(S(=O)(=O)c3cc4c(cc3C)NC(=O)C(CC)O4)CC2)cc1. The van der Waals surface area contributed by atoms with E-state index in [1.165, 1.54) is 15.9 Å². The van der Waals surface area contributed by atoms with Crippen molar-refractivity contribution in [2.24, 2.45) is 5.92 Å². The number of nitrogens with zero attached hydrogens (tertiary/aromatic N) is 1. The Balaban J connectivity index is 1.43. The maximum atomic E-state index is 13.4. The average Bonchev–Trinajstić information content (AvgIpc) is 2.83. The van der Waals surface area contributed by atoms with Crippen molar-refractivity contribution in [2.75, 3.05) is 23.7 Å². The van der Waals surface area contributed by atoms with Gasteiger partial charge in [0.1, 0.15) is 5.75 Å². The molecule has 1 unspecified atom stereocenters. The minimum Gasteiger partial charge on any atom is -0.478 e. The summed E-state index contributed by atoms with van der Waals surface area (Å²) in [5.74, 6) is -0.197. The molecule has 0 aromatic heterocycles. The first-order chi connectivity index (χ1) is 16.2. The zero-order valence-corrected chi connectivity index (χ0v) is 20.6. The van der Waals surface area contributed by atoms with E-state index in [4.69, 9.17) is 4.74 Å². The predicted octanol–water partition coefficient (Wildman–Crippen LogP) is 3.71. The summed E-state index contributed by atoms with van der Waals surface area (Å²) >= 11 is 0. The van der Waals surface area contributed by atoms with Crippen molar-refractivity contribution >= 4 is 33.2 Å². The van der Waals surface area contributed by atoms with Gasteiger partial charge in [0.15, 0.2) is 6.10 Å². The summed E-state index contributed by atoms with van der Waals surface area (Å²) in [5.41, 5.74) is 2.97. The molecular formula is C25H31N3O5S.